The molecule has 0 atom stereocenters. The van der Waals surface area contributed by atoms with Crippen LogP contribution in [0.15, 0.2) is 36.9 Å². The number of rotatable bonds is 6. The fourth-order valence-corrected chi connectivity index (χ4v) is 2.34. The second-order valence-corrected chi connectivity index (χ2v) is 5.81. The summed E-state index contributed by atoms with van der Waals surface area (Å²) >= 11 is 0. The predicted molar refractivity (Wildman–Crippen MR) is 92.7 cm³/mol. The quantitative estimate of drug-likeness (QED) is 0.705. The molecule has 1 aliphatic rings. The molecule has 2 rings (SSSR count). The average Bonchev–Trinajstić information content (AvgIpc) is 2.50. The summed E-state index contributed by atoms with van der Waals surface area (Å²) in [6.07, 6.45) is 5.31. The number of hydrogen-bond donors (Lipinski definition) is 3. The highest BCUT2D eigenvalue weighted by Crippen LogP contribution is 2.26. The lowest BCUT2D eigenvalue weighted by molar-refractivity contribution is 0.194. The van der Waals surface area contributed by atoms with Gasteiger partial charge >= 0.3 is 12.1 Å². The molecule has 124 valence electrons. The van der Waals surface area contributed by atoms with Gasteiger partial charge in [-0.25, -0.2) is 9.59 Å². The predicted octanol–water partition coefficient (Wildman–Crippen LogP) is 3.26. The molecule has 1 aliphatic carbocycles. The zero-order valence-corrected chi connectivity index (χ0v) is 13.5. The van der Waals surface area contributed by atoms with Crippen molar-refractivity contribution < 1.29 is 9.59 Å². The van der Waals surface area contributed by atoms with E-state index in [4.69, 9.17) is 0 Å². The lowest BCUT2D eigenvalue weighted by atomic mass is 9.85. The van der Waals surface area contributed by atoms with E-state index in [0.29, 0.717) is 23.8 Å². The molecule has 1 saturated carbocycles. The topological polar surface area (TPSA) is 73.5 Å². The van der Waals surface area contributed by atoms with E-state index in [-0.39, 0.29) is 12.1 Å². The van der Waals surface area contributed by atoms with Crippen LogP contribution < -0.4 is 16.0 Å². The van der Waals surface area contributed by atoms with Crippen molar-refractivity contribution in [2.75, 3.05) is 30.8 Å². The molecule has 0 bridgehead atoms. The third-order valence-electron chi connectivity index (χ3n) is 3.90. The van der Waals surface area contributed by atoms with Crippen LogP contribution >= 0.6 is 0 Å². The molecule has 3 N–H and O–H groups in total. The molecule has 0 heterocycles. The smallest absolute Gasteiger partial charge is 0.321 e. The largest absolute Gasteiger partial charge is 0.334 e. The summed E-state index contributed by atoms with van der Waals surface area (Å²) in [5, 5.41) is 8.18. The van der Waals surface area contributed by atoms with E-state index < -0.39 is 0 Å². The van der Waals surface area contributed by atoms with Crippen molar-refractivity contribution in [1.82, 2.24) is 10.2 Å². The summed E-state index contributed by atoms with van der Waals surface area (Å²) in [4.78, 5) is 25.3. The van der Waals surface area contributed by atoms with Crippen molar-refractivity contribution in [3.8, 4) is 0 Å². The molecule has 4 amide bonds. The van der Waals surface area contributed by atoms with E-state index in [1.54, 1.807) is 35.2 Å². The Balaban J connectivity index is 1.80. The second kappa shape index (κ2) is 8.22. The van der Waals surface area contributed by atoms with Crippen LogP contribution in [-0.2, 0) is 0 Å². The van der Waals surface area contributed by atoms with Gasteiger partial charge in [-0.15, -0.1) is 6.58 Å². The molecule has 0 saturated heterocycles. The summed E-state index contributed by atoms with van der Waals surface area (Å²) in [5.74, 6) is 0.645. The first-order chi connectivity index (χ1) is 11.1. The van der Waals surface area contributed by atoms with Gasteiger partial charge in [-0.2, -0.15) is 0 Å². The van der Waals surface area contributed by atoms with Crippen LogP contribution in [0.5, 0.6) is 0 Å². The molecule has 6 heteroatoms. The lowest BCUT2D eigenvalue weighted by Crippen LogP contribution is -2.37. The van der Waals surface area contributed by atoms with Gasteiger partial charge in [0.2, 0.25) is 0 Å². The summed E-state index contributed by atoms with van der Waals surface area (Å²) in [6.45, 7) is 4.74. The third-order valence-corrected chi connectivity index (χ3v) is 3.90. The third kappa shape index (κ3) is 5.32. The van der Waals surface area contributed by atoms with Gasteiger partial charge in [0.1, 0.15) is 0 Å². The van der Waals surface area contributed by atoms with Gasteiger partial charge in [0, 0.05) is 31.5 Å². The van der Waals surface area contributed by atoms with E-state index in [2.05, 4.69) is 22.5 Å². The highest BCUT2D eigenvalue weighted by Gasteiger charge is 2.21. The van der Waals surface area contributed by atoms with Crippen LogP contribution in [0.3, 0.4) is 0 Å². The number of amides is 4. The number of carbonyl (C=O) groups is 2. The SMILES string of the molecule is C=CCNC(=O)Nc1ccc(NC(=O)N(C)CC2CCC2)cc1. The first-order valence-electron chi connectivity index (χ1n) is 7.86. The molecule has 1 aromatic rings. The molecule has 6 nitrogen and oxygen atoms in total. The summed E-state index contributed by atoms with van der Waals surface area (Å²) in [6, 6.07) is 6.61. The Morgan fingerprint density at radius 3 is 2.35 bits per heavy atom. The molecule has 0 aromatic heterocycles. The van der Waals surface area contributed by atoms with E-state index >= 15 is 0 Å². The fourth-order valence-electron chi connectivity index (χ4n) is 2.34. The Morgan fingerprint density at radius 2 is 1.83 bits per heavy atom. The monoisotopic (exact) mass is 316 g/mol. The normalized spacial score (nSPS) is 13.6. The van der Waals surface area contributed by atoms with E-state index in [1.165, 1.54) is 19.3 Å². The molecular formula is C17H24N4O2. The second-order valence-electron chi connectivity index (χ2n) is 5.81. The van der Waals surface area contributed by atoms with Crippen LogP contribution in [0, 0.1) is 5.92 Å². The van der Waals surface area contributed by atoms with Gasteiger partial charge in [0.15, 0.2) is 0 Å². The minimum atomic E-state index is -0.290. The number of nitrogens with zero attached hydrogens (tertiary/aromatic N) is 1. The maximum Gasteiger partial charge on any atom is 0.321 e. The fraction of sp³-hybridized carbons (Fsp3) is 0.412. The lowest BCUT2D eigenvalue weighted by Gasteiger charge is -2.30. The maximum absolute atomic E-state index is 12.1. The minimum absolute atomic E-state index is 0.110. The van der Waals surface area contributed by atoms with Crippen molar-refractivity contribution in [1.29, 1.82) is 0 Å². The Morgan fingerprint density at radius 1 is 1.22 bits per heavy atom. The summed E-state index contributed by atoms with van der Waals surface area (Å²) in [7, 11) is 1.81. The maximum atomic E-state index is 12.1. The zero-order chi connectivity index (χ0) is 16.7. The van der Waals surface area contributed by atoms with Crippen LogP contribution in [0.25, 0.3) is 0 Å². The van der Waals surface area contributed by atoms with Crippen molar-refractivity contribution in [3.05, 3.63) is 36.9 Å². The highest BCUT2D eigenvalue weighted by molar-refractivity contribution is 5.91. The van der Waals surface area contributed by atoms with Gasteiger partial charge in [-0.1, -0.05) is 12.5 Å². The van der Waals surface area contributed by atoms with E-state index in [1.807, 2.05) is 7.05 Å². The first kappa shape index (κ1) is 16.9. The van der Waals surface area contributed by atoms with E-state index in [9.17, 15) is 9.59 Å². The molecule has 0 radical (unpaired) electrons. The number of benzene rings is 1. The Kier molecular flexibility index (Phi) is 6.02. The van der Waals surface area contributed by atoms with Crippen molar-refractivity contribution in [3.63, 3.8) is 0 Å². The van der Waals surface area contributed by atoms with Crippen LogP contribution in [0.2, 0.25) is 0 Å². The first-order valence-corrected chi connectivity index (χ1v) is 7.86. The van der Waals surface area contributed by atoms with Crippen molar-refractivity contribution in [2.45, 2.75) is 19.3 Å². The van der Waals surface area contributed by atoms with Crippen LogP contribution in [0.1, 0.15) is 19.3 Å². The van der Waals surface area contributed by atoms with Gasteiger partial charge in [-0.05, 0) is 43.0 Å². The molecule has 0 aliphatic heterocycles. The van der Waals surface area contributed by atoms with Crippen molar-refractivity contribution in [2.24, 2.45) is 5.92 Å². The summed E-state index contributed by atoms with van der Waals surface area (Å²) < 4.78 is 0. The minimum Gasteiger partial charge on any atom is -0.334 e. The van der Waals surface area contributed by atoms with Crippen LogP contribution in [-0.4, -0.2) is 37.1 Å². The summed E-state index contributed by atoms with van der Waals surface area (Å²) in [5.41, 5.74) is 1.36. The molecule has 23 heavy (non-hydrogen) atoms. The number of carbonyl (C=O) groups excluding carboxylic acids is 2. The van der Waals surface area contributed by atoms with Crippen LogP contribution in [0.4, 0.5) is 21.0 Å². The number of anilines is 2. The zero-order valence-electron chi connectivity index (χ0n) is 13.5. The molecular weight excluding hydrogens is 292 g/mol. The number of hydrogen-bond acceptors (Lipinski definition) is 2. The molecule has 1 fully saturated rings. The van der Waals surface area contributed by atoms with Gasteiger partial charge in [0.25, 0.3) is 0 Å². The Bertz CT molecular complexity index is 552. The number of nitrogens with one attached hydrogen (secondary N) is 3. The Hall–Kier alpha value is -2.50. The van der Waals surface area contributed by atoms with Gasteiger partial charge < -0.3 is 20.9 Å². The van der Waals surface area contributed by atoms with Gasteiger partial charge in [-0.3, -0.25) is 0 Å². The van der Waals surface area contributed by atoms with Crippen molar-refractivity contribution >= 4 is 23.4 Å². The average molecular weight is 316 g/mol. The molecule has 0 unspecified atom stereocenters. The molecule has 1 aromatic carbocycles. The standard InChI is InChI=1S/C17H24N4O2/c1-3-11-18-16(22)19-14-7-9-15(10-8-14)20-17(23)21(2)12-13-5-4-6-13/h3,7-10,13H,1,4-6,11-12H2,2H3,(H,20,23)(H2,18,19,22). The van der Waals surface area contributed by atoms with E-state index in [0.717, 1.165) is 6.54 Å². The molecule has 0 spiro atoms. The Labute approximate surface area is 136 Å². The number of urea groups is 2. The van der Waals surface area contributed by atoms with Gasteiger partial charge in [0.05, 0.1) is 0 Å². The highest BCUT2D eigenvalue weighted by atomic mass is 16.2.